The molecule has 1 aromatic rings. The molecule has 1 aliphatic rings. The minimum Gasteiger partial charge on any atom is -0.399 e. The first-order chi connectivity index (χ1) is 8.65. The predicted molar refractivity (Wildman–Crippen MR) is 79.0 cm³/mol. The minimum atomic E-state index is 0.803. The molecule has 0 bridgehead atoms. The first-order valence-electron chi connectivity index (χ1n) is 6.98. The van der Waals surface area contributed by atoms with E-state index in [1.54, 1.807) is 0 Å². The number of hydrogen-bond acceptors (Lipinski definition) is 3. The second-order valence-electron chi connectivity index (χ2n) is 5.61. The van der Waals surface area contributed by atoms with Gasteiger partial charge in [-0.1, -0.05) is 19.9 Å². The van der Waals surface area contributed by atoms with Crippen molar-refractivity contribution in [3.8, 4) is 0 Å². The molecule has 0 aliphatic carbocycles. The van der Waals surface area contributed by atoms with Crippen molar-refractivity contribution in [3.63, 3.8) is 0 Å². The van der Waals surface area contributed by atoms with E-state index in [-0.39, 0.29) is 0 Å². The zero-order chi connectivity index (χ0) is 13.0. The molecule has 1 heterocycles. The molecule has 0 aromatic heterocycles. The van der Waals surface area contributed by atoms with E-state index in [1.165, 1.54) is 31.7 Å². The summed E-state index contributed by atoms with van der Waals surface area (Å²) in [6.45, 7) is 10.4. The van der Waals surface area contributed by atoms with Gasteiger partial charge in [-0.05, 0) is 37.1 Å². The highest BCUT2D eigenvalue weighted by Gasteiger charge is 2.16. The Morgan fingerprint density at radius 2 is 1.89 bits per heavy atom. The lowest BCUT2D eigenvalue weighted by atomic mass is 10.1. The lowest BCUT2D eigenvalue weighted by Gasteiger charge is -2.36. The maximum Gasteiger partial charge on any atom is 0.0387 e. The van der Waals surface area contributed by atoms with Crippen molar-refractivity contribution in [2.24, 2.45) is 5.92 Å². The zero-order valence-corrected chi connectivity index (χ0v) is 11.6. The van der Waals surface area contributed by atoms with Gasteiger partial charge in [-0.2, -0.15) is 0 Å². The summed E-state index contributed by atoms with van der Waals surface area (Å²) in [5.74, 6) is 0.803. The standard InChI is InChI=1S/C15H25N3/c1-13(2)6-7-17-8-10-18(11-9-17)15-5-3-4-14(16)12-15/h3-5,12-13H,6-11,16H2,1-2H3. The van der Waals surface area contributed by atoms with Crippen molar-refractivity contribution in [1.82, 2.24) is 4.90 Å². The summed E-state index contributed by atoms with van der Waals surface area (Å²) in [6.07, 6.45) is 1.30. The molecular weight excluding hydrogens is 222 g/mol. The lowest BCUT2D eigenvalue weighted by molar-refractivity contribution is 0.244. The smallest absolute Gasteiger partial charge is 0.0387 e. The number of hydrogen-bond donors (Lipinski definition) is 1. The Kier molecular flexibility index (Phi) is 4.48. The third kappa shape index (κ3) is 3.64. The molecule has 1 fully saturated rings. The minimum absolute atomic E-state index is 0.803. The molecule has 0 amide bonds. The number of benzene rings is 1. The Morgan fingerprint density at radius 3 is 2.50 bits per heavy atom. The Balaban J connectivity index is 1.83. The number of nitrogens with two attached hydrogens (primary N) is 1. The molecule has 18 heavy (non-hydrogen) atoms. The van der Waals surface area contributed by atoms with Gasteiger partial charge in [0.1, 0.15) is 0 Å². The van der Waals surface area contributed by atoms with Crippen molar-refractivity contribution in [2.45, 2.75) is 20.3 Å². The predicted octanol–water partition coefficient (Wildman–Crippen LogP) is 2.44. The van der Waals surface area contributed by atoms with Crippen LogP contribution >= 0.6 is 0 Å². The first-order valence-corrected chi connectivity index (χ1v) is 6.98. The van der Waals surface area contributed by atoms with Gasteiger partial charge < -0.3 is 10.6 Å². The van der Waals surface area contributed by atoms with Crippen molar-refractivity contribution in [1.29, 1.82) is 0 Å². The fraction of sp³-hybridized carbons (Fsp3) is 0.600. The zero-order valence-electron chi connectivity index (χ0n) is 11.6. The Bertz CT molecular complexity index is 368. The Hall–Kier alpha value is -1.22. The van der Waals surface area contributed by atoms with Crippen LogP contribution in [0.2, 0.25) is 0 Å². The highest BCUT2D eigenvalue weighted by molar-refractivity contribution is 5.56. The number of nitrogen functional groups attached to an aromatic ring is 1. The third-order valence-corrected chi connectivity index (χ3v) is 3.63. The molecule has 2 rings (SSSR count). The van der Waals surface area contributed by atoms with Gasteiger partial charge in [-0.25, -0.2) is 0 Å². The van der Waals surface area contributed by atoms with Crippen LogP contribution in [-0.4, -0.2) is 37.6 Å². The van der Waals surface area contributed by atoms with Gasteiger partial charge in [0.2, 0.25) is 0 Å². The first kappa shape index (κ1) is 13.2. The topological polar surface area (TPSA) is 32.5 Å². The van der Waals surface area contributed by atoms with Gasteiger partial charge in [-0.15, -0.1) is 0 Å². The van der Waals surface area contributed by atoms with Crippen molar-refractivity contribution in [3.05, 3.63) is 24.3 Å². The molecule has 0 spiro atoms. The monoisotopic (exact) mass is 247 g/mol. The molecule has 1 aliphatic heterocycles. The summed E-state index contributed by atoms with van der Waals surface area (Å²) in [5, 5.41) is 0. The number of anilines is 2. The van der Waals surface area contributed by atoms with Crippen LogP contribution in [0.5, 0.6) is 0 Å². The molecule has 100 valence electrons. The van der Waals surface area contributed by atoms with E-state index in [9.17, 15) is 0 Å². The lowest BCUT2D eigenvalue weighted by Crippen LogP contribution is -2.46. The molecule has 2 N–H and O–H groups in total. The Labute approximate surface area is 111 Å². The molecule has 0 atom stereocenters. The summed E-state index contributed by atoms with van der Waals surface area (Å²) in [6, 6.07) is 8.21. The molecule has 3 nitrogen and oxygen atoms in total. The summed E-state index contributed by atoms with van der Waals surface area (Å²) in [5.41, 5.74) is 7.96. The summed E-state index contributed by atoms with van der Waals surface area (Å²) >= 11 is 0. The van der Waals surface area contributed by atoms with Crippen LogP contribution in [-0.2, 0) is 0 Å². The van der Waals surface area contributed by atoms with E-state index < -0.39 is 0 Å². The Morgan fingerprint density at radius 1 is 1.17 bits per heavy atom. The summed E-state index contributed by atoms with van der Waals surface area (Å²) in [4.78, 5) is 5.00. The van der Waals surface area contributed by atoms with E-state index in [0.717, 1.165) is 24.7 Å². The largest absolute Gasteiger partial charge is 0.399 e. The van der Waals surface area contributed by atoms with E-state index in [2.05, 4.69) is 35.8 Å². The van der Waals surface area contributed by atoms with Crippen LogP contribution < -0.4 is 10.6 Å². The number of piperazine rings is 1. The van der Waals surface area contributed by atoms with E-state index in [4.69, 9.17) is 5.73 Å². The van der Waals surface area contributed by atoms with Gasteiger partial charge in [0.25, 0.3) is 0 Å². The highest BCUT2D eigenvalue weighted by atomic mass is 15.3. The third-order valence-electron chi connectivity index (χ3n) is 3.63. The van der Waals surface area contributed by atoms with E-state index in [0.29, 0.717) is 0 Å². The van der Waals surface area contributed by atoms with Crippen LogP contribution in [0.4, 0.5) is 11.4 Å². The summed E-state index contributed by atoms with van der Waals surface area (Å²) in [7, 11) is 0. The van der Waals surface area contributed by atoms with Crippen LogP contribution in [0.15, 0.2) is 24.3 Å². The highest BCUT2D eigenvalue weighted by Crippen LogP contribution is 2.19. The quantitative estimate of drug-likeness (QED) is 0.829. The maximum atomic E-state index is 5.84. The fourth-order valence-electron chi connectivity index (χ4n) is 2.39. The molecular formula is C15H25N3. The SMILES string of the molecule is CC(C)CCN1CCN(c2cccc(N)c2)CC1. The van der Waals surface area contributed by atoms with Crippen molar-refractivity contribution < 1.29 is 0 Å². The second-order valence-corrected chi connectivity index (χ2v) is 5.61. The number of rotatable bonds is 4. The average molecular weight is 247 g/mol. The normalized spacial score (nSPS) is 17.4. The second kappa shape index (κ2) is 6.10. The van der Waals surface area contributed by atoms with E-state index in [1.807, 2.05) is 12.1 Å². The molecule has 1 aromatic carbocycles. The van der Waals surface area contributed by atoms with Crippen LogP contribution in [0.3, 0.4) is 0 Å². The van der Waals surface area contributed by atoms with Gasteiger partial charge in [-0.3, -0.25) is 4.90 Å². The fourth-order valence-corrected chi connectivity index (χ4v) is 2.39. The molecule has 0 saturated carbocycles. The van der Waals surface area contributed by atoms with Gasteiger partial charge >= 0.3 is 0 Å². The molecule has 0 unspecified atom stereocenters. The summed E-state index contributed by atoms with van der Waals surface area (Å²) < 4.78 is 0. The average Bonchev–Trinajstić information content (AvgIpc) is 2.37. The molecule has 0 radical (unpaired) electrons. The van der Waals surface area contributed by atoms with Gasteiger partial charge in [0.05, 0.1) is 0 Å². The van der Waals surface area contributed by atoms with Crippen LogP contribution in [0, 0.1) is 5.92 Å². The van der Waals surface area contributed by atoms with Crippen molar-refractivity contribution >= 4 is 11.4 Å². The van der Waals surface area contributed by atoms with Crippen LogP contribution in [0.25, 0.3) is 0 Å². The molecule has 3 heteroatoms. The van der Waals surface area contributed by atoms with E-state index >= 15 is 0 Å². The van der Waals surface area contributed by atoms with Gasteiger partial charge in [0.15, 0.2) is 0 Å². The number of nitrogens with zero attached hydrogens (tertiary/aromatic N) is 2. The maximum absolute atomic E-state index is 5.84. The molecule has 1 saturated heterocycles. The van der Waals surface area contributed by atoms with Gasteiger partial charge in [0, 0.05) is 37.6 Å². The van der Waals surface area contributed by atoms with Crippen LogP contribution in [0.1, 0.15) is 20.3 Å². The van der Waals surface area contributed by atoms with Crippen molar-refractivity contribution in [2.75, 3.05) is 43.4 Å².